The molecule has 1 aromatic rings. The SMILES string of the molecule is Cl.NC12CCC(NC(=O)COc3ccc(Cl)c(Cl)c3)(CC1)[C@@H](O)C2. The van der Waals surface area contributed by atoms with Gasteiger partial charge < -0.3 is 20.9 Å². The number of nitrogens with two attached hydrogens (primary N) is 1. The minimum absolute atomic E-state index is 0. The smallest absolute Gasteiger partial charge is 0.258 e. The average molecular weight is 396 g/mol. The maximum Gasteiger partial charge on any atom is 0.258 e. The van der Waals surface area contributed by atoms with Crippen molar-refractivity contribution >= 4 is 41.5 Å². The van der Waals surface area contributed by atoms with Gasteiger partial charge >= 0.3 is 0 Å². The lowest BCUT2D eigenvalue weighted by Gasteiger charge is -2.54. The van der Waals surface area contributed by atoms with Gasteiger partial charge in [0.25, 0.3) is 5.91 Å². The zero-order valence-electron chi connectivity index (χ0n) is 13.1. The van der Waals surface area contributed by atoms with Crippen LogP contribution in [0, 0.1) is 0 Å². The predicted molar refractivity (Wildman–Crippen MR) is 96.1 cm³/mol. The Labute approximate surface area is 157 Å². The second kappa shape index (κ2) is 7.26. The van der Waals surface area contributed by atoms with Gasteiger partial charge in [-0.05, 0) is 44.2 Å². The third-order valence-corrected chi connectivity index (χ3v) is 5.76. The van der Waals surface area contributed by atoms with Gasteiger partial charge in [0.1, 0.15) is 5.75 Å². The summed E-state index contributed by atoms with van der Waals surface area (Å²) in [6.45, 7) is -0.139. The van der Waals surface area contributed by atoms with Crippen LogP contribution in [0.3, 0.4) is 0 Å². The van der Waals surface area contributed by atoms with Crippen LogP contribution in [-0.2, 0) is 4.79 Å². The molecule has 0 aliphatic heterocycles. The van der Waals surface area contributed by atoms with Crippen molar-refractivity contribution in [3.05, 3.63) is 28.2 Å². The van der Waals surface area contributed by atoms with Gasteiger partial charge in [-0.25, -0.2) is 0 Å². The number of aliphatic hydroxyl groups excluding tert-OH is 1. The summed E-state index contributed by atoms with van der Waals surface area (Å²) in [5.41, 5.74) is 5.37. The summed E-state index contributed by atoms with van der Waals surface area (Å²) in [6, 6.07) is 4.83. The monoisotopic (exact) mass is 394 g/mol. The van der Waals surface area contributed by atoms with Gasteiger partial charge in [-0.1, -0.05) is 23.2 Å². The normalized spacial score (nSPS) is 31.2. The van der Waals surface area contributed by atoms with Gasteiger partial charge in [0.15, 0.2) is 6.61 Å². The van der Waals surface area contributed by atoms with E-state index in [0.717, 1.165) is 12.8 Å². The van der Waals surface area contributed by atoms with Crippen molar-refractivity contribution in [2.45, 2.75) is 49.3 Å². The highest BCUT2D eigenvalue weighted by atomic mass is 35.5. The number of rotatable bonds is 4. The van der Waals surface area contributed by atoms with Crippen LogP contribution < -0.4 is 15.8 Å². The molecule has 4 rings (SSSR count). The maximum atomic E-state index is 12.2. The summed E-state index contributed by atoms with van der Waals surface area (Å²) in [7, 11) is 0. The van der Waals surface area contributed by atoms with Crippen molar-refractivity contribution in [3.8, 4) is 5.75 Å². The highest BCUT2D eigenvalue weighted by molar-refractivity contribution is 6.42. The third kappa shape index (κ3) is 3.92. The standard InChI is InChI=1S/C16H20Cl2N2O3.ClH/c17-11-2-1-10(7-12(11)18)23-9-14(22)20-16-5-3-15(19,4-6-16)8-13(16)21;/h1-2,7,13,21H,3-6,8-9,19H2,(H,20,22);1H/t13-,15?,16?;/m0./s1. The number of carbonyl (C=O) groups is 1. The summed E-state index contributed by atoms with van der Waals surface area (Å²) in [6.07, 6.45) is 2.95. The highest BCUT2D eigenvalue weighted by Crippen LogP contribution is 2.45. The first kappa shape index (κ1) is 19.6. The first-order valence-electron chi connectivity index (χ1n) is 7.68. The number of hydrogen-bond donors (Lipinski definition) is 3. The van der Waals surface area contributed by atoms with E-state index in [4.69, 9.17) is 33.7 Å². The van der Waals surface area contributed by atoms with E-state index in [0.29, 0.717) is 35.1 Å². The fourth-order valence-electron chi connectivity index (χ4n) is 3.55. The highest BCUT2D eigenvalue weighted by Gasteiger charge is 2.53. The van der Waals surface area contributed by atoms with Gasteiger partial charge in [-0.2, -0.15) is 0 Å². The van der Waals surface area contributed by atoms with Crippen molar-refractivity contribution in [1.82, 2.24) is 5.32 Å². The molecule has 1 aromatic carbocycles. The Bertz CT molecular complexity index is 619. The molecule has 0 unspecified atom stereocenters. The van der Waals surface area contributed by atoms with Crippen LogP contribution in [0.1, 0.15) is 32.1 Å². The molecule has 24 heavy (non-hydrogen) atoms. The summed E-state index contributed by atoms with van der Waals surface area (Å²) in [5, 5.41) is 14.1. The van der Waals surface area contributed by atoms with E-state index in [-0.39, 0.29) is 30.5 Å². The number of amides is 1. The Kier molecular flexibility index (Phi) is 5.93. The summed E-state index contributed by atoms with van der Waals surface area (Å²) < 4.78 is 5.44. The molecule has 2 bridgehead atoms. The molecule has 0 aromatic heterocycles. The maximum absolute atomic E-state index is 12.2. The van der Waals surface area contributed by atoms with E-state index in [1.54, 1.807) is 18.2 Å². The number of hydrogen-bond acceptors (Lipinski definition) is 4. The topological polar surface area (TPSA) is 84.6 Å². The second-order valence-electron chi connectivity index (χ2n) is 6.65. The molecular formula is C16H21Cl3N2O3. The van der Waals surface area contributed by atoms with Crippen LogP contribution >= 0.6 is 35.6 Å². The molecule has 0 radical (unpaired) electrons. The molecular weight excluding hydrogens is 375 g/mol. The predicted octanol–water partition coefficient (Wildman–Crippen LogP) is 2.69. The van der Waals surface area contributed by atoms with Crippen LogP contribution in [0.2, 0.25) is 10.0 Å². The molecule has 4 N–H and O–H groups in total. The lowest BCUT2D eigenvalue weighted by molar-refractivity contribution is -0.131. The molecule has 5 nitrogen and oxygen atoms in total. The van der Waals surface area contributed by atoms with Crippen molar-refractivity contribution in [2.24, 2.45) is 5.73 Å². The van der Waals surface area contributed by atoms with Gasteiger partial charge in [-0.15, -0.1) is 12.4 Å². The summed E-state index contributed by atoms with van der Waals surface area (Å²) >= 11 is 11.7. The van der Waals surface area contributed by atoms with Crippen molar-refractivity contribution in [2.75, 3.05) is 6.61 Å². The number of carbonyl (C=O) groups excluding carboxylic acids is 1. The van der Waals surface area contributed by atoms with Crippen molar-refractivity contribution in [1.29, 1.82) is 0 Å². The number of fused-ring (bicyclic) bond motifs is 3. The first-order valence-corrected chi connectivity index (χ1v) is 8.43. The minimum atomic E-state index is -0.607. The van der Waals surface area contributed by atoms with E-state index in [1.165, 1.54) is 0 Å². The zero-order chi connectivity index (χ0) is 16.7. The largest absolute Gasteiger partial charge is 0.484 e. The van der Waals surface area contributed by atoms with E-state index < -0.39 is 11.6 Å². The fraction of sp³-hybridized carbons (Fsp3) is 0.562. The second-order valence-corrected chi connectivity index (χ2v) is 7.47. The Balaban J connectivity index is 0.00000208. The van der Waals surface area contributed by atoms with Gasteiger partial charge in [0.2, 0.25) is 0 Å². The number of aliphatic hydroxyl groups is 1. The molecule has 3 fully saturated rings. The van der Waals surface area contributed by atoms with E-state index >= 15 is 0 Å². The van der Waals surface area contributed by atoms with Gasteiger partial charge in [-0.3, -0.25) is 4.79 Å². The Hall–Kier alpha value is -0.720. The first-order chi connectivity index (χ1) is 10.8. The number of halogens is 3. The molecule has 3 aliphatic carbocycles. The van der Waals surface area contributed by atoms with Crippen LogP contribution in [-0.4, -0.2) is 34.8 Å². The zero-order valence-corrected chi connectivity index (χ0v) is 15.4. The van der Waals surface area contributed by atoms with Crippen LogP contribution in [0.15, 0.2) is 18.2 Å². The minimum Gasteiger partial charge on any atom is -0.484 e. The van der Waals surface area contributed by atoms with Gasteiger partial charge in [0, 0.05) is 11.6 Å². The molecule has 8 heteroatoms. The van der Waals surface area contributed by atoms with Crippen LogP contribution in [0.5, 0.6) is 5.75 Å². The Morgan fingerprint density at radius 2 is 1.96 bits per heavy atom. The lowest BCUT2D eigenvalue weighted by atomic mass is 9.60. The molecule has 134 valence electrons. The summed E-state index contributed by atoms with van der Waals surface area (Å²) in [5.74, 6) is 0.211. The molecule has 1 atom stereocenters. The van der Waals surface area contributed by atoms with Crippen LogP contribution in [0.4, 0.5) is 0 Å². The Morgan fingerprint density at radius 1 is 1.29 bits per heavy atom. The van der Waals surface area contributed by atoms with Crippen molar-refractivity contribution < 1.29 is 14.6 Å². The number of nitrogens with one attached hydrogen (secondary N) is 1. The molecule has 0 saturated heterocycles. The molecule has 3 aliphatic rings. The average Bonchev–Trinajstić information content (AvgIpc) is 2.50. The summed E-state index contributed by atoms with van der Waals surface area (Å²) in [4.78, 5) is 12.2. The van der Waals surface area contributed by atoms with E-state index in [9.17, 15) is 9.90 Å². The van der Waals surface area contributed by atoms with Crippen LogP contribution in [0.25, 0.3) is 0 Å². The fourth-order valence-corrected chi connectivity index (χ4v) is 3.84. The molecule has 0 spiro atoms. The molecule has 3 saturated carbocycles. The van der Waals surface area contributed by atoms with E-state index in [2.05, 4.69) is 5.32 Å². The number of ether oxygens (including phenoxy) is 1. The quantitative estimate of drug-likeness (QED) is 0.732. The van der Waals surface area contributed by atoms with Crippen molar-refractivity contribution in [3.63, 3.8) is 0 Å². The molecule has 1 amide bonds. The van der Waals surface area contributed by atoms with Gasteiger partial charge in [0.05, 0.1) is 21.7 Å². The lowest BCUT2D eigenvalue weighted by Crippen LogP contribution is -2.69. The Morgan fingerprint density at radius 3 is 2.54 bits per heavy atom. The van der Waals surface area contributed by atoms with E-state index in [1.807, 2.05) is 0 Å². The number of benzene rings is 1. The molecule has 0 heterocycles. The third-order valence-electron chi connectivity index (χ3n) is 5.03.